The van der Waals surface area contributed by atoms with Gasteiger partial charge in [-0.1, -0.05) is 0 Å². The number of hydrogen-bond acceptors (Lipinski definition) is 3. The Balaban J connectivity index is 1.94. The fourth-order valence-corrected chi connectivity index (χ4v) is 2.63. The highest BCUT2D eigenvalue weighted by atomic mass is 32.2. The van der Waals surface area contributed by atoms with Crippen LogP contribution in [0.3, 0.4) is 0 Å². The summed E-state index contributed by atoms with van der Waals surface area (Å²) in [5.41, 5.74) is 0.261. The predicted molar refractivity (Wildman–Crippen MR) is 69.2 cm³/mol. The van der Waals surface area contributed by atoms with Crippen LogP contribution in [0.4, 0.5) is 0 Å². The van der Waals surface area contributed by atoms with Gasteiger partial charge in [0.15, 0.2) is 0 Å². The molecule has 0 spiro atoms. The molecule has 0 aromatic carbocycles. The van der Waals surface area contributed by atoms with E-state index in [2.05, 4.69) is 5.32 Å². The summed E-state index contributed by atoms with van der Waals surface area (Å²) >= 11 is 0. The lowest BCUT2D eigenvalue weighted by atomic mass is 10.3. The van der Waals surface area contributed by atoms with Crippen molar-refractivity contribution in [1.82, 2.24) is 9.88 Å². The van der Waals surface area contributed by atoms with Gasteiger partial charge < -0.3 is 9.88 Å². The zero-order valence-corrected chi connectivity index (χ0v) is 11.5. The van der Waals surface area contributed by atoms with Crippen LogP contribution in [0.15, 0.2) is 17.2 Å². The molecule has 104 valence electrons. The van der Waals surface area contributed by atoms with Crippen LogP contribution < -0.4 is 10.5 Å². The Kier molecular flexibility index (Phi) is 2.56. The van der Waals surface area contributed by atoms with Crippen LogP contribution in [0.1, 0.15) is 49.1 Å². The molecule has 2 fully saturated rings. The Labute approximate surface area is 112 Å². The van der Waals surface area contributed by atoms with E-state index in [-0.39, 0.29) is 22.4 Å². The van der Waals surface area contributed by atoms with Crippen LogP contribution >= 0.6 is 0 Å². The molecule has 19 heavy (non-hydrogen) atoms. The highest BCUT2D eigenvalue weighted by Gasteiger charge is 2.40. The van der Waals surface area contributed by atoms with Crippen molar-refractivity contribution < 1.29 is 13.2 Å². The Morgan fingerprint density at radius 2 is 2.11 bits per heavy atom. The number of primary sulfonamides is 1. The second kappa shape index (κ2) is 3.83. The van der Waals surface area contributed by atoms with Crippen molar-refractivity contribution in [2.24, 2.45) is 5.14 Å². The van der Waals surface area contributed by atoms with Gasteiger partial charge in [-0.2, -0.15) is 0 Å². The molecular weight excluding hydrogens is 266 g/mol. The van der Waals surface area contributed by atoms with E-state index in [1.807, 2.05) is 6.92 Å². The van der Waals surface area contributed by atoms with Crippen LogP contribution in [0, 0.1) is 0 Å². The summed E-state index contributed by atoms with van der Waals surface area (Å²) in [6.45, 7) is 1.98. The molecule has 7 heteroatoms. The molecule has 1 heterocycles. The number of carbonyl (C=O) groups is 1. The fourth-order valence-electron chi connectivity index (χ4n) is 2.10. The number of aromatic nitrogens is 1. The van der Waals surface area contributed by atoms with Crippen molar-refractivity contribution in [3.63, 3.8) is 0 Å². The van der Waals surface area contributed by atoms with E-state index in [1.165, 1.54) is 12.3 Å². The second-order valence-electron chi connectivity index (χ2n) is 5.76. The summed E-state index contributed by atoms with van der Waals surface area (Å²) in [6.07, 6.45) is 5.33. The molecular formula is C12H17N3O3S. The van der Waals surface area contributed by atoms with E-state index in [0.717, 1.165) is 25.7 Å². The van der Waals surface area contributed by atoms with Gasteiger partial charge in [0.2, 0.25) is 10.0 Å². The Bertz CT molecular complexity index is 639. The topological polar surface area (TPSA) is 94.2 Å². The number of carbonyl (C=O) groups excluding carboxylic acids is 1. The molecule has 2 aliphatic rings. The average molecular weight is 283 g/mol. The third-order valence-corrected chi connectivity index (χ3v) is 4.62. The molecule has 3 N–H and O–H groups in total. The number of sulfonamides is 1. The molecule has 2 aliphatic carbocycles. The van der Waals surface area contributed by atoms with Gasteiger partial charge in [0.05, 0.1) is 0 Å². The maximum atomic E-state index is 12.2. The highest BCUT2D eigenvalue weighted by molar-refractivity contribution is 7.89. The van der Waals surface area contributed by atoms with E-state index < -0.39 is 10.0 Å². The van der Waals surface area contributed by atoms with Gasteiger partial charge in [0.1, 0.15) is 10.6 Å². The Hall–Kier alpha value is -1.34. The summed E-state index contributed by atoms with van der Waals surface area (Å²) in [5.74, 6) is -0.221. The standard InChI is InChI=1S/C12H17N3O3S/c1-12(4-5-12)14-11(16)10-6-9(19(13,17)18)7-15(10)8-2-3-8/h6-8H,2-5H2,1H3,(H,14,16)(H2,13,17,18). The van der Waals surface area contributed by atoms with Gasteiger partial charge >= 0.3 is 0 Å². The van der Waals surface area contributed by atoms with E-state index in [9.17, 15) is 13.2 Å². The summed E-state index contributed by atoms with van der Waals surface area (Å²) in [7, 11) is -3.77. The minimum atomic E-state index is -3.77. The van der Waals surface area contributed by atoms with Crippen LogP contribution in [-0.4, -0.2) is 24.4 Å². The number of amides is 1. The van der Waals surface area contributed by atoms with Gasteiger partial charge in [-0.3, -0.25) is 4.79 Å². The van der Waals surface area contributed by atoms with Crippen molar-refractivity contribution in [3.8, 4) is 0 Å². The maximum absolute atomic E-state index is 12.2. The summed E-state index contributed by atoms with van der Waals surface area (Å²) in [4.78, 5) is 12.2. The largest absolute Gasteiger partial charge is 0.346 e. The lowest BCUT2D eigenvalue weighted by molar-refractivity contribution is 0.0926. The normalized spacial score (nSPS) is 21.2. The average Bonchev–Trinajstić information content (AvgIpc) is 3.19. The summed E-state index contributed by atoms with van der Waals surface area (Å²) < 4.78 is 24.5. The van der Waals surface area contributed by atoms with Gasteiger partial charge in [0, 0.05) is 17.8 Å². The van der Waals surface area contributed by atoms with E-state index >= 15 is 0 Å². The van der Waals surface area contributed by atoms with Gasteiger partial charge in [-0.05, 0) is 38.7 Å². The van der Waals surface area contributed by atoms with Crippen LogP contribution in [0.25, 0.3) is 0 Å². The molecule has 1 amide bonds. The predicted octanol–water partition coefficient (Wildman–Crippen LogP) is 0.753. The van der Waals surface area contributed by atoms with Crippen molar-refractivity contribution in [1.29, 1.82) is 0 Å². The highest BCUT2D eigenvalue weighted by Crippen LogP contribution is 2.38. The zero-order valence-electron chi connectivity index (χ0n) is 10.7. The van der Waals surface area contributed by atoms with Crippen LogP contribution in [-0.2, 0) is 10.0 Å². The van der Waals surface area contributed by atoms with Gasteiger partial charge in [0.25, 0.3) is 5.91 Å². The number of hydrogen-bond donors (Lipinski definition) is 2. The van der Waals surface area contributed by atoms with E-state index in [1.54, 1.807) is 4.57 Å². The van der Waals surface area contributed by atoms with E-state index in [0.29, 0.717) is 5.69 Å². The summed E-state index contributed by atoms with van der Waals surface area (Å²) in [5, 5.41) is 8.07. The fraction of sp³-hybridized carbons (Fsp3) is 0.583. The van der Waals surface area contributed by atoms with Crippen LogP contribution in [0.5, 0.6) is 0 Å². The van der Waals surface area contributed by atoms with Crippen LogP contribution in [0.2, 0.25) is 0 Å². The minimum Gasteiger partial charge on any atom is -0.346 e. The smallest absolute Gasteiger partial charge is 0.268 e. The lowest BCUT2D eigenvalue weighted by Crippen LogP contribution is -2.35. The van der Waals surface area contributed by atoms with Gasteiger partial charge in [-0.25, -0.2) is 13.6 Å². The quantitative estimate of drug-likeness (QED) is 0.853. The first-order valence-corrected chi connectivity index (χ1v) is 7.90. The second-order valence-corrected chi connectivity index (χ2v) is 7.32. The molecule has 0 unspecified atom stereocenters. The number of nitrogens with two attached hydrogens (primary N) is 1. The first kappa shape index (κ1) is 12.7. The SMILES string of the molecule is CC1(NC(=O)c2cc(S(N)(=O)=O)cn2C2CC2)CC1. The molecule has 0 atom stereocenters. The van der Waals surface area contributed by atoms with Crippen molar-refractivity contribution in [2.45, 2.75) is 49.1 Å². The molecule has 0 aliphatic heterocycles. The van der Waals surface area contributed by atoms with Crippen molar-refractivity contribution >= 4 is 15.9 Å². The first-order valence-electron chi connectivity index (χ1n) is 6.36. The molecule has 1 aromatic heterocycles. The number of nitrogens with zero attached hydrogens (tertiary/aromatic N) is 1. The monoisotopic (exact) mass is 283 g/mol. The molecule has 0 radical (unpaired) electrons. The molecule has 0 bridgehead atoms. The third kappa shape index (κ3) is 2.52. The number of rotatable bonds is 4. The molecule has 0 saturated heterocycles. The van der Waals surface area contributed by atoms with Crippen molar-refractivity contribution in [3.05, 3.63) is 18.0 Å². The van der Waals surface area contributed by atoms with Crippen molar-refractivity contribution in [2.75, 3.05) is 0 Å². The molecule has 6 nitrogen and oxygen atoms in total. The third-order valence-electron chi connectivity index (χ3n) is 3.74. The van der Waals surface area contributed by atoms with Gasteiger partial charge in [-0.15, -0.1) is 0 Å². The minimum absolute atomic E-state index is 0.00509. The Morgan fingerprint density at radius 1 is 1.47 bits per heavy atom. The molecule has 1 aromatic rings. The number of nitrogens with one attached hydrogen (secondary N) is 1. The molecule has 3 rings (SSSR count). The first-order chi connectivity index (χ1) is 8.78. The summed E-state index contributed by atoms with van der Waals surface area (Å²) in [6, 6.07) is 1.60. The molecule has 2 saturated carbocycles. The lowest BCUT2D eigenvalue weighted by Gasteiger charge is -2.13. The maximum Gasteiger partial charge on any atom is 0.268 e. The van der Waals surface area contributed by atoms with E-state index in [4.69, 9.17) is 5.14 Å². The Morgan fingerprint density at radius 3 is 2.58 bits per heavy atom. The zero-order chi connectivity index (χ0) is 13.8.